The molecule has 0 aromatic heterocycles. The van der Waals surface area contributed by atoms with E-state index in [9.17, 15) is 15.3 Å². The molecule has 1 atom stereocenters. The van der Waals surface area contributed by atoms with Gasteiger partial charge in [0.05, 0.1) is 29.0 Å². The number of amides is 1. The highest BCUT2D eigenvalue weighted by atomic mass is 16.2. The van der Waals surface area contributed by atoms with Crippen LogP contribution in [0, 0.1) is 22.7 Å². The van der Waals surface area contributed by atoms with Gasteiger partial charge in [-0.15, -0.1) is 0 Å². The van der Waals surface area contributed by atoms with E-state index in [1.165, 1.54) is 4.90 Å². The highest BCUT2D eigenvalue weighted by Gasteiger charge is 2.29. The molecule has 3 rings (SSSR count). The Hall–Kier alpha value is -3.37. The average molecular weight is 285 g/mol. The minimum absolute atomic E-state index is 0.301. The SMILES string of the molecule is N#Cc1ccccc1C(=O)N1c2ccccc2C=CC1C#N. The molecule has 22 heavy (non-hydrogen) atoms. The van der Waals surface area contributed by atoms with Gasteiger partial charge in [0.25, 0.3) is 5.91 Å². The van der Waals surface area contributed by atoms with E-state index in [1.54, 1.807) is 36.4 Å². The van der Waals surface area contributed by atoms with Crippen LogP contribution in [0.25, 0.3) is 6.08 Å². The molecule has 4 heteroatoms. The maximum Gasteiger partial charge on any atom is 0.261 e. The molecule has 0 fully saturated rings. The van der Waals surface area contributed by atoms with Crippen molar-refractivity contribution in [3.05, 3.63) is 71.3 Å². The summed E-state index contributed by atoms with van der Waals surface area (Å²) in [4.78, 5) is 14.3. The van der Waals surface area contributed by atoms with Crippen molar-refractivity contribution in [3.63, 3.8) is 0 Å². The van der Waals surface area contributed by atoms with Gasteiger partial charge < -0.3 is 0 Å². The fraction of sp³-hybridized carbons (Fsp3) is 0.0556. The van der Waals surface area contributed by atoms with Crippen LogP contribution in [0.15, 0.2) is 54.6 Å². The fourth-order valence-electron chi connectivity index (χ4n) is 2.51. The minimum Gasteiger partial charge on any atom is -0.288 e. The molecule has 1 aliphatic heterocycles. The van der Waals surface area contributed by atoms with E-state index < -0.39 is 6.04 Å². The molecule has 1 aliphatic rings. The van der Waals surface area contributed by atoms with Crippen LogP contribution < -0.4 is 4.90 Å². The number of carbonyl (C=O) groups excluding carboxylic acids is 1. The Morgan fingerprint density at radius 1 is 1.05 bits per heavy atom. The number of nitriles is 2. The van der Waals surface area contributed by atoms with Crippen molar-refractivity contribution in [2.45, 2.75) is 6.04 Å². The van der Waals surface area contributed by atoms with Crippen LogP contribution in [-0.4, -0.2) is 11.9 Å². The summed E-state index contributed by atoms with van der Waals surface area (Å²) in [5, 5.41) is 18.5. The third-order valence-corrected chi connectivity index (χ3v) is 3.56. The number of hydrogen-bond acceptors (Lipinski definition) is 3. The second-order valence-electron chi connectivity index (χ2n) is 4.82. The molecular formula is C18H11N3O. The quantitative estimate of drug-likeness (QED) is 0.808. The first kappa shape index (κ1) is 13.6. The third-order valence-electron chi connectivity index (χ3n) is 3.56. The van der Waals surface area contributed by atoms with Gasteiger partial charge in [-0.2, -0.15) is 10.5 Å². The fourth-order valence-corrected chi connectivity index (χ4v) is 2.51. The van der Waals surface area contributed by atoms with Gasteiger partial charge in [-0.05, 0) is 29.8 Å². The predicted molar refractivity (Wildman–Crippen MR) is 82.8 cm³/mol. The van der Waals surface area contributed by atoms with Crippen LogP contribution in [-0.2, 0) is 0 Å². The van der Waals surface area contributed by atoms with E-state index in [0.29, 0.717) is 16.8 Å². The zero-order chi connectivity index (χ0) is 15.5. The highest BCUT2D eigenvalue weighted by molar-refractivity contribution is 6.10. The molecule has 1 heterocycles. The molecule has 0 saturated heterocycles. The first-order valence-corrected chi connectivity index (χ1v) is 6.76. The molecule has 1 unspecified atom stereocenters. The molecule has 0 saturated carbocycles. The number of rotatable bonds is 1. The number of para-hydroxylation sites is 1. The van der Waals surface area contributed by atoms with Crippen molar-refractivity contribution in [2.24, 2.45) is 0 Å². The van der Waals surface area contributed by atoms with Crippen LogP contribution in [0.4, 0.5) is 5.69 Å². The smallest absolute Gasteiger partial charge is 0.261 e. The van der Waals surface area contributed by atoms with Gasteiger partial charge in [-0.1, -0.05) is 36.4 Å². The molecule has 104 valence electrons. The monoisotopic (exact) mass is 285 g/mol. The first-order valence-electron chi connectivity index (χ1n) is 6.76. The van der Waals surface area contributed by atoms with Gasteiger partial charge in [0.2, 0.25) is 0 Å². The highest BCUT2D eigenvalue weighted by Crippen LogP contribution is 2.30. The lowest BCUT2D eigenvalue weighted by molar-refractivity contribution is 0.0984. The van der Waals surface area contributed by atoms with E-state index in [4.69, 9.17) is 0 Å². The van der Waals surface area contributed by atoms with Crippen molar-refractivity contribution in [3.8, 4) is 12.1 Å². The number of hydrogen-bond donors (Lipinski definition) is 0. The van der Waals surface area contributed by atoms with Crippen LogP contribution in [0.1, 0.15) is 21.5 Å². The number of fused-ring (bicyclic) bond motifs is 1. The number of anilines is 1. The lowest BCUT2D eigenvalue weighted by atomic mass is 10.0. The summed E-state index contributed by atoms with van der Waals surface area (Å²) in [5.74, 6) is -0.347. The molecule has 0 radical (unpaired) electrons. The normalized spacial score (nSPS) is 15.5. The summed E-state index contributed by atoms with van der Waals surface area (Å²) >= 11 is 0. The second-order valence-corrected chi connectivity index (χ2v) is 4.82. The first-order chi connectivity index (χ1) is 10.8. The van der Waals surface area contributed by atoms with E-state index in [2.05, 4.69) is 6.07 Å². The minimum atomic E-state index is -0.686. The Bertz CT molecular complexity index is 855. The van der Waals surface area contributed by atoms with Gasteiger partial charge in [0.1, 0.15) is 6.04 Å². The van der Waals surface area contributed by atoms with Crippen molar-refractivity contribution in [2.75, 3.05) is 4.90 Å². The maximum atomic E-state index is 12.9. The van der Waals surface area contributed by atoms with Crippen LogP contribution in [0.3, 0.4) is 0 Å². The maximum absolute atomic E-state index is 12.9. The molecule has 0 aliphatic carbocycles. The van der Waals surface area contributed by atoms with E-state index in [-0.39, 0.29) is 5.91 Å². The molecule has 2 aromatic carbocycles. The van der Waals surface area contributed by atoms with Gasteiger partial charge in [0.15, 0.2) is 0 Å². The zero-order valence-corrected chi connectivity index (χ0v) is 11.6. The number of carbonyl (C=O) groups is 1. The summed E-state index contributed by atoms with van der Waals surface area (Å²) in [5.41, 5.74) is 2.15. The summed E-state index contributed by atoms with van der Waals surface area (Å²) < 4.78 is 0. The van der Waals surface area contributed by atoms with Crippen LogP contribution >= 0.6 is 0 Å². The Morgan fingerprint density at radius 3 is 2.55 bits per heavy atom. The molecule has 0 bridgehead atoms. The molecule has 0 N–H and O–H groups in total. The Balaban J connectivity index is 2.13. The van der Waals surface area contributed by atoms with Gasteiger partial charge in [-0.25, -0.2) is 0 Å². The van der Waals surface area contributed by atoms with Crippen molar-refractivity contribution in [1.29, 1.82) is 10.5 Å². The molecule has 0 spiro atoms. The molecule has 1 amide bonds. The Labute approximate surface area is 128 Å². The van der Waals surface area contributed by atoms with Gasteiger partial charge in [-0.3, -0.25) is 9.69 Å². The number of benzene rings is 2. The van der Waals surface area contributed by atoms with Gasteiger partial charge in [0, 0.05) is 0 Å². The standard InChI is InChI=1S/C18H11N3O/c19-11-14-6-1-3-7-16(14)18(22)21-15(12-20)10-9-13-5-2-4-8-17(13)21/h1-10,15H. The zero-order valence-electron chi connectivity index (χ0n) is 11.6. The third kappa shape index (κ3) is 2.13. The molecular weight excluding hydrogens is 274 g/mol. The second kappa shape index (κ2) is 5.55. The summed E-state index contributed by atoms with van der Waals surface area (Å²) in [6, 6.07) is 17.5. The van der Waals surface area contributed by atoms with E-state index >= 15 is 0 Å². The molecule has 2 aromatic rings. The predicted octanol–water partition coefficient (Wildman–Crippen LogP) is 3.12. The Kier molecular flexibility index (Phi) is 3.43. The van der Waals surface area contributed by atoms with E-state index in [1.807, 2.05) is 30.3 Å². The largest absolute Gasteiger partial charge is 0.288 e. The topological polar surface area (TPSA) is 67.9 Å². The number of nitrogens with zero attached hydrogens (tertiary/aromatic N) is 3. The summed E-state index contributed by atoms with van der Waals surface area (Å²) in [7, 11) is 0. The molecule has 4 nitrogen and oxygen atoms in total. The van der Waals surface area contributed by atoms with Crippen LogP contribution in [0.5, 0.6) is 0 Å². The average Bonchev–Trinajstić information content (AvgIpc) is 2.60. The van der Waals surface area contributed by atoms with Crippen molar-refractivity contribution >= 4 is 17.7 Å². The van der Waals surface area contributed by atoms with E-state index in [0.717, 1.165) is 5.56 Å². The van der Waals surface area contributed by atoms with Gasteiger partial charge >= 0.3 is 0 Å². The lowest BCUT2D eigenvalue weighted by Crippen LogP contribution is -2.40. The summed E-state index contributed by atoms with van der Waals surface area (Å²) in [6.07, 6.45) is 3.53. The lowest BCUT2D eigenvalue weighted by Gasteiger charge is -2.30. The van der Waals surface area contributed by atoms with Crippen molar-refractivity contribution in [1.82, 2.24) is 0 Å². The Morgan fingerprint density at radius 2 is 1.77 bits per heavy atom. The van der Waals surface area contributed by atoms with Crippen molar-refractivity contribution < 1.29 is 4.79 Å². The summed E-state index contributed by atoms with van der Waals surface area (Å²) in [6.45, 7) is 0. The van der Waals surface area contributed by atoms with Crippen LogP contribution in [0.2, 0.25) is 0 Å².